The van der Waals surface area contributed by atoms with Gasteiger partial charge in [-0.05, 0) is 25.1 Å². The maximum Gasteiger partial charge on any atom is 0.392 e. The fraction of sp³-hybridized carbons (Fsp3) is 0.333. The Hall–Kier alpha value is -2.51. The first-order valence-corrected chi connectivity index (χ1v) is 6.71. The lowest BCUT2D eigenvalue weighted by atomic mass is 10.1. The number of ether oxygens (including phenoxy) is 2. The third-order valence-corrected chi connectivity index (χ3v) is 2.58. The standard InChI is InChI=1S/C15H16F3NO4/c1-3-13(20)19-12-9-10(23-8-7-15(16,17)18)5-6-11(12)14(21)22-4-2/h3,5-6,9H,1,4,7-8H2,2H3,(H,19,20). The Morgan fingerprint density at radius 2 is 2.04 bits per heavy atom. The van der Waals surface area contributed by atoms with Gasteiger partial charge in [0.25, 0.3) is 0 Å². The summed E-state index contributed by atoms with van der Waals surface area (Å²) in [6.45, 7) is 4.47. The van der Waals surface area contributed by atoms with Crippen LogP contribution in [0, 0.1) is 0 Å². The van der Waals surface area contributed by atoms with Crippen LogP contribution in [0.4, 0.5) is 18.9 Å². The van der Waals surface area contributed by atoms with Crippen LogP contribution in [0.2, 0.25) is 0 Å². The second-order valence-electron chi connectivity index (χ2n) is 4.33. The highest BCUT2D eigenvalue weighted by atomic mass is 19.4. The predicted octanol–water partition coefficient (Wildman–Crippen LogP) is 3.32. The van der Waals surface area contributed by atoms with E-state index in [0.717, 1.165) is 6.08 Å². The van der Waals surface area contributed by atoms with Crippen LogP contribution in [-0.4, -0.2) is 31.3 Å². The molecule has 23 heavy (non-hydrogen) atoms. The minimum absolute atomic E-state index is 0.0604. The SMILES string of the molecule is C=CC(=O)Nc1cc(OCCC(F)(F)F)ccc1C(=O)OCC. The van der Waals surface area contributed by atoms with E-state index in [9.17, 15) is 22.8 Å². The summed E-state index contributed by atoms with van der Waals surface area (Å²) < 4.78 is 46.1. The van der Waals surface area contributed by atoms with Gasteiger partial charge in [0.1, 0.15) is 5.75 Å². The van der Waals surface area contributed by atoms with Crippen molar-refractivity contribution in [3.8, 4) is 5.75 Å². The van der Waals surface area contributed by atoms with E-state index >= 15 is 0 Å². The fourth-order valence-electron chi connectivity index (χ4n) is 1.57. The van der Waals surface area contributed by atoms with Crippen molar-refractivity contribution in [3.63, 3.8) is 0 Å². The maximum atomic E-state index is 12.1. The summed E-state index contributed by atoms with van der Waals surface area (Å²) in [5, 5.41) is 2.39. The molecule has 1 amide bonds. The number of rotatable bonds is 7. The van der Waals surface area contributed by atoms with Gasteiger partial charge in [-0.15, -0.1) is 0 Å². The Bertz CT molecular complexity index is 585. The van der Waals surface area contributed by atoms with Crippen LogP contribution in [0.3, 0.4) is 0 Å². The molecule has 0 atom stereocenters. The van der Waals surface area contributed by atoms with Gasteiger partial charge in [-0.25, -0.2) is 4.79 Å². The van der Waals surface area contributed by atoms with Gasteiger partial charge in [0.2, 0.25) is 5.91 Å². The van der Waals surface area contributed by atoms with Crippen LogP contribution in [0.25, 0.3) is 0 Å². The van der Waals surface area contributed by atoms with Gasteiger partial charge < -0.3 is 14.8 Å². The van der Waals surface area contributed by atoms with Gasteiger partial charge in [-0.2, -0.15) is 13.2 Å². The van der Waals surface area contributed by atoms with Gasteiger partial charge in [0.15, 0.2) is 0 Å². The molecule has 0 saturated carbocycles. The van der Waals surface area contributed by atoms with Crippen molar-refractivity contribution in [1.29, 1.82) is 0 Å². The number of hydrogen-bond donors (Lipinski definition) is 1. The molecule has 0 aliphatic heterocycles. The molecular weight excluding hydrogens is 315 g/mol. The van der Waals surface area contributed by atoms with Gasteiger partial charge >= 0.3 is 12.1 Å². The molecule has 1 N–H and O–H groups in total. The highest BCUT2D eigenvalue weighted by molar-refractivity contribution is 6.05. The summed E-state index contributed by atoms with van der Waals surface area (Å²) in [6.07, 6.45) is -4.45. The summed E-state index contributed by atoms with van der Waals surface area (Å²) in [6, 6.07) is 3.88. The largest absolute Gasteiger partial charge is 0.493 e. The maximum absolute atomic E-state index is 12.1. The first-order valence-electron chi connectivity index (χ1n) is 6.71. The van der Waals surface area contributed by atoms with Crippen LogP contribution >= 0.6 is 0 Å². The number of carbonyl (C=O) groups is 2. The highest BCUT2D eigenvalue weighted by Crippen LogP contribution is 2.25. The van der Waals surface area contributed by atoms with E-state index in [4.69, 9.17) is 9.47 Å². The normalized spacial score (nSPS) is 10.8. The summed E-state index contributed by atoms with van der Waals surface area (Å²) in [5.74, 6) is -1.17. The Morgan fingerprint density at radius 1 is 1.35 bits per heavy atom. The number of alkyl halides is 3. The molecule has 0 unspecified atom stereocenters. The Balaban J connectivity index is 2.94. The summed E-state index contributed by atoms with van der Waals surface area (Å²) in [7, 11) is 0. The lowest BCUT2D eigenvalue weighted by Gasteiger charge is -2.13. The molecule has 0 radical (unpaired) electrons. The number of halogens is 3. The van der Waals surface area contributed by atoms with E-state index in [2.05, 4.69) is 11.9 Å². The van der Waals surface area contributed by atoms with E-state index < -0.39 is 31.1 Å². The summed E-state index contributed by atoms with van der Waals surface area (Å²) >= 11 is 0. The molecule has 0 aliphatic carbocycles. The average molecular weight is 331 g/mol. The zero-order valence-corrected chi connectivity index (χ0v) is 12.4. The van der Waals surface area contributed by atoms with Crippen molar-refractivity contribution in [2.45, 2.75) is 19.5 Å². The summed E-state index contributed by atoms with van der Waals surface area (Å²) in [4.78, 5) is 23.2. The van der Waals surface area contributed by atoms with Crippen LogP contribution in [-0.2, 0) is 9.53 Å². The fourth-order valence-corrected chi connectivity index (χ4v) is 1.57. The molecule has 5 nitrogen and oxygen atoms in total. The monoisotopic (exact) mass is 331 g/mol. The first-order chi connectivity index (χ1) is 10.8. The number of esters is 1. The average Bonchev–Trinajstić information content (AvgIpc) is 2.46. The lowest BCUT2D eigenvalue weighted by molar-refractivity contribution is -0.139. The van der Waals surface area contributed by atoms with Crippen molar-refractivity contribution in [3.05, 3.63) is 36.4 Å². The van der Waals surface area contributed by atoms with E-state index in [1.165, 1.54) is 18.2 Å². The second-order valence-corrected chi connectivity index (χ2v) is 4.33. The molecular formula is C15H16F3NO4. The molecule has 126 valence electrons. The molecule has 0 aliphatic rings. The molecule has 1 aromatic carbocycles. The van der Waals surface area contributed by atoms with Crippen molar-refractivity contribution >= 4 is 17.6 Å². The van der Waals surface area contributed by atoms with E-state index in [0.29, 0.717) is 0 Å². The molecule has 0 aromatic heterocycles. The van der Waals surface area contributed by atoms with Crippen LogP contribution in [0.1, 0.15) is 23.7 Å². The molecule has 0 saturated heterocycles. The quantitative estimate of drug-likeness (QED) is 0.615. The minimum atomic E-state index is -4.33. The highest BCUT2D eigenvalue weighted by Gasteiger charge is 2.27. The van der Waals surface area contributed by atoms with Crippen molar-refractivity contribution in [2.24, 2.45) is 0 Å². The van der Waals surface area contributed by atoms with Gasteiger partial charge in [-0.3, -0.25) is 4.79 Å². The Labute approximate surface area is 131 Å². The zero-order chi connectivity index (χ0) is 17.5. The number of anilines is 1. The van der Waals surface area contributed by atoms with E-state index in [-0.39, 0.29) is 23.6 Å². The number of hydrogen-bond acceptors (Lipinski definition) is 4. The third-order valence-electron chi connectivity index (χ3n) is 2.58. The van der Waals surface area contributed by atoms with Crippen LogP contribution in [0.5, 0.6) is 5.75 Å². The molecule has 0 spiro atoms. The topological polar surface area (TPSA) is 64.6 Å². The summed E-state index contributed by atoms with van der Waals surface area (Å²) in [5.41, 5.74) is 0.128. The molecule has 1 aromatic rings. The smallest absolute Gasteiger partial charge is 0.392 e. The Morgan fingerprint density at radius 3 is 2.61 bits per heavy atom. The van der Waals surface area contributed by atoms with E-state index in [1.54, 1.807) is 6.92 Å². The zero-order valence-electron chi connectivity index (χ0n) is 12.4. The molecule has 8 heteroatoms. The molecule has 1 rings (SSSR count). The second kappa shape index (κ2) is 8.21. The minimum Gasteiger partial charge on any atom is -0.493 e. The van der Waals surface area contributed by atoms with Gasteiger partial charge in [0, 0.05) is 6.07 Å². The Kier molecular flexibility index (Phi) is 6.62. The lowest BCUT2D eigenvalue weighted by Crippen LogP contribution is -2.15. The number of nitrogens with one attached hydrogen (secondary N) is 1. The first kappa shape index (κ1) is 18.5. The predicted molar refractivity (Wildman–Crippen MR) is 77.4 cm³/mol. The number of amides is 1. The van der Waals surface area contributed by atoms with Gasteiger partial charge in [0.05, 0.1) is 30.9 Å². The van der Waals surface area contributed by atoms with Crippen LogP contribution < -0.4 is 10.1 Å². The molecule has 0 heterocycles. The number of carbonyl (C=O) groups excluding carboxylic acids is 2. The van der Waals surface area contributed by atoms with Crippen molar-refractivity contribution in [1.82, 2.24) is 0 Å². The molecule has 0 fully saturated rings. The van der Waals surface area contributed by atoms with E-state index in [1.807, 2.05) is 0 Å². The molecule has 0 bridgehead atoms. The third kappa shape index (κ3) is 6.41. The number of benzene rings is 1. The van der Waals surface area contributed by atoms with Gasteiger partial charge in [-0.1, -0.05) is 6.58 Å². The van der Waals surface area contributed by atoms with Crippen LogP contribution in [0.15, 0.2) is 30.9 Å². The van der Waals surface area contributed by atoms with Crippen molar-refractivity contribution in [2.75, 3.05) is 18.5 Å². The van der Waals surface area contributed by atoms with Crippen molar-refractivity contribution < 1.29 is 32.2 Å².